The van der Waals surface area contributed by atoms with Crippen molar-refractivity contribution in [2.75, 3.05) is 19.7 Å². The van der Waals surface area contributed by atoms with E-state index < -0.39 is 0 Å². The molecule has 0 aliphatic carbocycles. The van der Waals surface area contributed by atoms with Crippen LogP contribution in [0.2, 0.25) is 0 Å². The molecule has 1 saturated heterocycles. The molecule has 0 saturated carbocycles. The molecule has 1 heterocycles. The van der Waals surface area contributed by atoms with Crippen LogP contribution in [0.3, 0.4) is 0 Å². The van der Waals surface area contributed by atoms with Crippen molar-refractivity contribution in [2.24, 2.45) is 17.7 Å². The Kier molecular flexibility index (Phi) is 6.62. The number of carbonyl (C=O) groups is 2. The minimum Gasteiger partial charge on any atom is -0.492 e. The summed E-state index contributed by atoms with van der Waals surface area (Å²) in [7, 11) is 0. The van der Waals surface area contributed by atoms with E-state index in [1.807, 2.05) is 6.07 Å². The molecule has 0 atom stereocenters. The van der Waals surface area contributed by atoms with E-state index in [1.165, 1.54) is 0 Å². The highest BCUT2D eigenvalue weighted by atomic mass is 79.9. The molecule has 0 aromatic heterocycles. The largest absolute Gasteiger partial charge is 0.492 e. The minimum absolute atomic E-state index is 0.0299. The molecule has 1 fully saturated rings. The normalized spacial score (nSPS) is 15.5. The first kappa shape index (κ1) is 18.7. The predicted octanol–water partition coefficient (Wildman–Crippen LogP) is 2.33. The van der Waals surface area contributed by atoms with Gasteiger partial charge in [0.15, 0.2) is 0 Å². The van der Waals surface area contributed by atoms with Crippen molar-refractivity contribution in [3.8, 4) is 5.75 Å². The van der Waals surface area contributed by atoms with Crippen LogP contribution in [0.4, 0.5) is 0 Å². The van der Waals surface area contributed by atoms with Crippen molar-refractivity contribution in [1.82, 2.24) is 10.3 Å². The zero-order valence-corrected chi connectivity index (χ0v) is 15.6. The molecule has 3 N–H and O–H groups in total. The van der Waals surface area contributed by atoms with Crippen LogP contribution < -0.4 is 16.0 Å². The van der Waals surface area contributed by atoms with Gasteiger partial charge in [0.1, 0.15) is 5.75 Å². The second-order valence-corrected chi connectivity index (χ2v) is 7.28. The molecule has 0 spiro atoms. The fourth-order valence-electron chi connectivity index (χ4n) is 2.65. The second-order valence-electron chi connectivity index (χ2n) is 6.43. The van der Waals surface area contributed by atoms with Crippen LogP contribution in [0.1, 0.15) is 37.0 Å². The van der Waals surface area contributed by atoms with E-state index in [0.29, 0.717) is 44.0 Å². The van der Waals surface area contributed by atoms with Crippen molar-refractivity contribution < 1.29 is 14.3 Å². The number of benzene rings is 1. The lowest BCUT2D eigenvalue weighted by molar-refractivity contribution is -0.126. The Morgan fingerprint density at radius 2 is 2.04 bits per heavy atom. The van der Waals surface area contributed by atoms with Crippen molar-refractivity contribution in [2.45, 2.75) is 26.7 Å². The Morgan fingerprint density at radius 1 is 1.38 bits per heavy atom. The summed E-state index contributed by atoms with van der Waals surface area (Å²) in [5.41, 5.74) is 2.79. The van der Waals surface area contributed by atoms with Crippen molar-refractivity contribution in [1.29, 1.82) is 0 Å². The molecule has 1 aliphatic heterocycles. The SMILES string of the molecule is CC(C)COc1ccc(C(=O)N2CCC(C(=O)NN)CC2)cc1Br. The van der Waals surface area contributed by atoms with Crippen LogP contribution in [-0.4, -0.2) is 36.4 Å². The molecule has 7 heteroatoms. The minimum atomic E-state index is -0.156. The molecule has 6 nitrogen and oxygen atoms in total. The number of likely N-dealkylation sites (tertiary alicyclic amines) is 1. The lowest BCUT2D eigenvalue weighted by atomic mass is 9.95. The second kappa shape index (κ2) is 8.48. The first-order chi connectivity index (χ1) is 11.4. The fourth-order valence-corrected chi connectivity index (χ4v) is 3.15. The first-order valence-corrected chi connectivity index (χ1v) is 8.93. The number of amides is 2. The number of nitrogens with zero attached hydrogens (tertiary/aromatic N) is 1. The number of hydrogen-bond donors (Lipinski definition) is 2. The Bertz CT molecular complexity index is 599. The van der Waals surface area contributed by atoms with E-state index in [9.17, 15) is 9.59 Å². The van der Waals surface area contributed by atoms with E-state index in [-0.39, 0.29) is 17.7 Å². The van der Waals surface area contributed by atoms with Crippen LogP contribution in [-0.2, 0) is 4.79 Å². The van der Waals surface area contributed by atoms with Gasteiger partial charge in [0.2, 0.25) is 5.91 Å². The van der Waals surface area contributed by atoms with E-state index in [0.717, 1.165) is 10.2 Å². The summed E-state index contributed by atoms with van der Waals surface area (Å²) >= 11 is 3.46. The number of nitrogens with one attached hydrogen (secondary N) is 1. The van der Waals surface area contributed by atoms with E-state index in [2.05, 4.69) is 35.2 Å². The van der Waals surface area contributed by atoms with E-state index in [4.69, 9.17) is 10.6 Å². The van der Waals surface area contributed by atoms with Crippen molar-refractivity contribution in [3.63, 3.8) is 0 Å². The fraction of sp³-hybridized carbons (Fsp3) is 0.529. The molecule has 1 aromatic rings. The topological polar surface area (TPSA) is 84.7 Å². The number of carbonyl (C=O) groups excluding carboxylic acids is 2. The Morgan fingerprint density at radius 3 is 2.58 bits per heavy atom. The quantitative estimate of drug-likeness (QED) is 0.453. The summed E-state index contributed by atoms with van der Waals surface area (Å²) in [6.07, 6.45) is 1.26. The zero-order chi connectivity index (χ0) is 17.7. The van der Waals surface area contributed by atoms with Crippen molar-refractivity contribution in [3.05, 3.63) is 28.2 Å². The van der Waals surface area contributed by atoms with Crippen LogP contribution in [0.5, 0.6) is 5.75 Å². The highest BCUT2D eigenvalue weighted by Gasteiger charge is 2.27. The number of ether oxygens (including phenoxy) is 1. The molecule has 0 radical (unpaired) electrons. The van der Waals surface area contributed by atoms with Gasteiger partial charge in [-0.1, -0.05) is 13.8 Å². The zero-order valence-electron chi connectivity index (χ0n) is 14.0. The van der Waals surface area contributed by atoms with Gasteiger partial charge in [0, 0.05) is 24.6 Å². The summed E-state index contributed by atoms with van der Waals surface area (Å²) in [5, 5.41) is 0. The van der Waals surface area contributed by atoms with Gasteiger partial charge in [-0.2, -0.15) is 0 Å². The third kappa shape index (κ3) is 4.70. The number of rotatable bonds is 5. The summed E-state index contributed by atoms with van der Waals surface area (Å²) in [6, 6.07) is 5.38. The maximum Gasteiger partial charge on any atom is 0.253 e. The average Bonchev–Trinajstić information content (AvgIpc) is 2.59. The van der Waals surface area contributed by atoms with Gasteiger partial charge < -0.3 is 9.64 Å². The third-order valence-electron chi connectivity index (χ3n) is 4.05. The number of hydrogen-bond acceptors (Lipinski definition) is 4. The molecule has 2 rings (SSSR count). The van der Waals surface area contributed by atoms with Gasteiger partial charge in [0.05, 0.1) is 11.1 Å². The summed E-state index contributed by atoms with van der Waals surface area (Å²) in [4.78, 5) is 25.9. The van der Waals surface area contributed by atoms with Gasteiger partial charge in [-0.05, 0) is 52.9 Å². The molecule has 24 heavy (non-hydrogen) atoms. The summed E-state index contributed by atoms with van der Waals surface area (Å²) < 4.78 is 6.47. The molecule has 2 amide bonds. The summed E-state index contributed by atoms with van der Waals surface area (Å²) in [6.45, 7) is 5.91. The van der Waals surface area contributed by atoms with Gasteiger partial charge in [-0.3, -0.25) is 15.0 Å². The summed E-state index contributed by atoms with van der Waals surface area (Å²) in [5.74, 6) is 6.04. The highest BCUT2D eigenvalue weighted by Crippen LogP contribution is 2.28. The predicted molar refractivity (Wildman–Crippen MR) is 95.4 cm³/mol. The Labute approximate surface area is 150 Å². The highest BCUT2D eigenvalue weighted by molar-refractivity contribution is 9.10. The van der Waals surface area contributed by atoms with Gasteiger partial charge >= 0.3 is 0 Å². The molecular formula is C17H24BrN3O3. The smallest absolute Gasteiger partial charge is 0.253 e. The van der Waals surface area contributed by atoms with Gasteiger partial charge in [-0.15, -0.1) is 0 Å². The molecular weight excluding hydrogens is 374 g/mol. The first-order valence-electron chi connectivity index (χ1n) is 8.14. The Hall–Kier alpha value is -1.60. The lowest BCUT2D eigenvalue weighted by Crippen LogP contribution is -2.44. The van der Waals surface area contributed by atoms with Gasteiger partial charge in [-0.25, -0.2) is 5.84 Å². The maximum absolute atomic E-state index is 12.6. The molecule has 132 valence electrons. The van der Waals surface area contributed by atoms with Crippen LogP contribution in [0.15, 0.2) is 22.7 Å². The number of hydrazine groups is 1. The van der Waals surface area contributed by atoms with Crippen LogP contribution in [0, 0.1) is 11.8 Å². The monoisotopic (exact) mass is 397 g/mol. The van der Waals surface area contributed by atoms with E-state index in [1.54, 1.807) is 17.0 Å². The third-order valence-corrected chi connectivity index (χ3v) is 4.67. The maximum atomic E-state index is 12.6. The molecule has 1 aromatic carbocycles. The number of halogens is 1. The van der Waals surface area contributed by atoms with Gasteiger partial charge in [0.25, 0.3) is 5.91 Å². The van der Waals surface area contributed by atoms with E-state index >= 15 is 0 Å². The number of piperidine rings is 1. The Balaban J connectivity index is 1.98. The lowest BCUT2D eigenvalue weighted by Gasteiger charge is -2.31. The molecule has 1 aliphatic rings. The van der Waals surface area contributed by atoms with Crippen molar-refractivity contribution >= 4 is 27.7 Å². The van der Waals surface area contributed by atoms with Crippen LogP contribution >= 0.6 is 15.9 Å². The standard InChI is InChI=1S/C17H24BrN3O3/c1-11(2)10-24-15-4-3-13(9-14(15)18)17(23)21-7-5-12(6-8-21)16(22)20-19/h3-4,9,11-12H,5-8,10,19H2,1-2H3,(H,20,22). The number of nitrogens with two attached hydrogens (primary N) is 1. The average molecular weight is 398 g/mol. The molecule has 0 unspecified atom stereocenters. The van der Waals surface area contributed by atoms with Crippen LogP contribution in [0.25, 0.3) is 0 Å². The molecule has 0 bridgehead atoms.